The highest BCUT2D eigenvalue weighted by atomic mass is 15.2. The summed E-state index contributed by atoms with van der Waals surface area (Å²) in [6.07, 6.45) is 15.5. The number of anilines is 5. The summed E-state index contributed by atoms with van der Waals surface area (Å²) in [6.45, 7) is 8.53. The first kappa shape index (κ1) is 34.3. The third-order valence-corrected chi connectivity index (χ3v) is 9.70. The number of allylic oxidation sites excluding steroid dienone is 5. The summed E-state index contributed by atoms with van der Waals surface area (Å²) in [5.74, 6) is 0. The molecule has 0 atom stereocenters. The molecule has 0 radical (unpaired) electrons. The highest BCUT2D eigenvalue weighted by molar-refractivity contribution is 5.80. The average molecular weight is 675 g/mol. The zero-order valence-corrected chi connectivity index (χ0v) is 30.6. The van der Waals surface area contributed by atoms with Crippen LogP contribution >= 0.6 is 0 Å². The van der Waals surface area contributed by atoms with E-state index in [0.717, 1.165) is 35.5 Å². The number of aryl methyl sites for hydroxylation is 4. The van der Waals surface area contributed by atoms with E-state index in [2.05, 4.69) is 220 Å². The molecule has 2 nitrogen and oxygen atoms in total. The fraction of sp³-hybridized carbons (Fsp3) is 0.120. The summed E-state index contributed by atoms with van der Waals surface area (Å²) in [4.78, 5) is 4.71. The molecule has 0 aliphatic heterocycles. The Morgan fingerprint density at radius 1 is 0.365 bits per heavy atom. The van der Waals surface area contributed by atoms with Crippen LogP contribution in [0.5, 0.6) is 0 Å². The van der Waals surface area contributed by atoms with Crippen molar-refractivity contribution in [2.75, 3.05) is 9.80 Å². The molecule has 0 amide bonds. The Morgan fingerprint density at radius 3 is 1.15 bits per heavy atom. The Morgan fingerprint density at radius 2 is 0.750 bits per heavy atom. The van der Waals surface area contributed by atoms with Crippen LogP contribution in [0.2, 0.25) is 0 Å². The van der Waals surface area contributed by atoms with Gasteiger partial charge in [0.25, 0.3) is 0 Å². The largest absolute Gasteiger partial charge is 0.314 e. The quantitative estimate of drug-likeness (QED) is 0.133. The minimum absolute atomic E-state index is 0.973. The molecule has 7 rings (SSSR count). The van der Waals surface area contributed by atoms with E-state index >= 15 is 0 Å². The molecule has 2 heteroatoms. The van der Waals surface area contributed by atoms with Crippen LogP contribution in [0.25, 0.3) is 18.2 Å². The van der Waals surface area contributed by atoms with Crippen LogP contribution in [-0.4, -0.2) is 0 Å². The first-order chi connectivity index (χ1) is 25.4. The molecule has 0 fully saturated rings. The smallest absolute Gasteiger partial charge is 0.0462 e. The average Bonchev–Trinajstić information content (AvgIpc) is 3.18. The molecule has 6 aromatic rings. The summed E-state index contributed by atoms with van der Waals surface area (Å²) >= 11 is 0. The van der Waals surface area contributed by atoms with Crippen LogP contribution in [0.1, 0.15) is 51.8 Å². The molecular formula is C50H46N2. The predicted molar refractivity (Wildman–Crippen MR) is 225 cm³/mol. The van der Waals surface area contributed by atoms with Gasteiger partial charge in [0.2, 0.25) is 0 Å². The van der Waals surface area contributed by atoms with E-state index in [1.165, 1.54) is 56.0 Å². The molecule has 0 unspecified atom stereocenters. The standard InChI is InChI=1S/C50H46N2/c1-37-9-25-45(26-10-37)51(46-27-11-38(2)12-28-46)49-33-19-41(20-34-49)17-23-43-7-5-6-8-44(43)24-18-42-21-35-50(36-22-42)52(47-29-13-39(3)14-30-47)48-31-15-40(4)16-32-48/h5-21,23-35H,22,36H2,1-4H3. The van der Waals surface area contributed by atoms with E-state index in [-0.39, 0.29) is 0 Å². The van der Waals surface area contributed by atoms with Crippen LogP contribution in [0.15, 0.2) is 175 Å². The van der Waals surface area contributed by atoms with E-state index in [1.54, 1.807) is 0 Å². The summed E-state index contributed by atoms with van der Waals surface area (Å²) in [5.41, 5.74) is 17.1. The molecular weight excluding hydrogens is 629 g/mol. The summed E-state index contributed by atoms with van der Waals surface area (Å²) < 4.78 is 0. The minimum atomic E-state index is 0.973. The van der Waals surface area contributed by atoms with E-state index in [1.807, 2.05) is 0 Å². The Kier molecular flexibility index (Phi) is 10.5. The molecule has 52 heavy (non-hydrogen) atoms. The topological polar surface area (TPSA) is 6.48 Å². The van der Waals surface area contributed by atoms with Crippen LogP contribution in [-0.2, 0) is 0 Å². The Bertz CT molecular complexity index is 2140. The normalized spacial score (nSPS) is 12.9. The third-order valence-electron chi connectivity index (χ3n) is 9.70. The lowest BCUT2D eigenvalue weighted by molar-refractivity contribution is 0.892. The Hall–Kier alpha value is -6.12. The second-order valence-corrected chi connectivity index (χ2v) is 13.8. The van der Waals surface area contributed by atoms with Crippen molar-refractivity contribution in [2.24, 2.45) is 0 Å². The maximum atomic E-state index is 2.39. The van der Waals surface area contributed by atoms with Gasteiger partial charge in [-0.3, -0.25) is 0 Å². The zero-order valence-electron chi connectivity index (χ0n) is 30.6. The fourth-order valence-electron chi connectivity index (χ4n) is 6.60. The van der Waals surface area contributed by atoms with Gasteiger partial charge >= 0.3 is 0 Å². The molecule has 0 spiro atoms. The highest BCUT2D eigenvalue weighted by Gasteiger charge is 2.17. The predicted octanol–water partition coefficient (Wildman–Crippen LogP) is 14.0. The SMILES string of the molecule is Cc1ccc(N(C2=CC=C(C=Cc3ccccc3C=Cc3ccc(N(c4ccc(C)cc4)c4ccc(C)cc4)cc3)CC2)c2ccc(C)cc2)cc1. The molecule has 1 aliphatic carbocycles. The van der Waals surface area contributed by atoms with Crippen LogP contribution < -0.4 is 9.80 Å². The van der Waals surface area contributed by atoms with Gasteiger partial charge in [-0.15, -0.1) is 0 Å². The lowest BCUT2D eigenvalue weighted by atomic mass is 9.98. The molecule has 0 heterocycles. The third kappa shape index (κ3) is 8.25. The van der Waals surface area contributed by atoms with Gasteiger partial charge < -0.3 is 9.80 Å². The monoisotopic (exact) mass is 674 g/mol. The molecule has 6 aromatic carbocycles. The summed E-state index contributed by atoms with van der Waals surface area (Å²) in [6, 6.07) is 52.5. The highest BCUT2D eigenvalue weighted by Crippen LogP contribution is 2.36. The summed E-state index contributed by atoms with van der Waals surface area (Å²) in [5, 5.41) is 0. The van der Waals surface area contributed by atoms with Gasteiger partial charge in [-0.1, -0.05) is 138 Å². The van der Waals surface area contributed by atoms with Crippen molar-refractivity contribution in [3.8, 4) is 0 Å². The first-order valence-electron chi connectivity index (χ1n) is 18.2. The first-order valence-corrected chi connectivity index (χ1v) is 18.2. The summed E-state index contributed by atoms with van der Waals surface area (Å²) in [7, 11) is 0. The van der Waals surface area contributed by atoms with Crippen molar-refractivity contribution in [1.29, 1.82) is 0 Å². The molecule has 0 N–H and O–H groups in total. The fourth-order valence-corrected chi connectivity index (χ4v) is 6.60. The van der Waals surface area contributed by atoms with Crippen molar-refractivity contribution in [1.82, 2.24) is 0 Å². The maximum absolute atomic E-state index is 2.39. The number of benzene rings is 6. The van der Waals surface area contributed by atoms with Gasteiger partial charge in [0.15, 0.2) is 0 Å². The second kappa shape index (κ2) is 15.8. The van der Waals surface area contributed by atoms with Crippen molar-refractivity contribution < 1.29 is 0 Å². The molecule has 0 aromatic heterocycles. The van der Waals surface area contributed by atoms with E-state index in [9.17, 15) is 0 Å². The van der Waals surface area contributed by atoms with Crippen LogP contribution in [0.4, 0.5) is 28.4 Å². The minimum Gasteiger partial charge on any atom is -0.314 e. The lowest BCUT2D eigenvalue weighted by Crippen LogP contribution is -2.17. The van der Waals surface area contributed by atoms with Gasteiger partial charge in [0.1, 0.15) is 0 Å². The van der Waals surface area contributed by atoms with E-state index in [4.69, 9.17) is 0 Å². The number of rotatable bonds is 10. The van der Waals surface area contributed by atoms with E-state index < -0.39 is 0 Å². The number of hydrogen-bond donors (Lipinski definition) is 0. The van der Waals surface area contributed by atoms with Gasteiger partial charge in [-0.05, 0) is 130 Å². The van der Waals surface area contributed by atoms with Gasteiger partial charge in [0, 0.05) is 34.1 Å². The van der Waals surface area contributed by atoms with Crippen molar-refractivity contribution in [2.45, 2.75) is 40.5 Å². The Labute approximate surface area is 310 Å². The molecule has 0 saturated heterocycles. The number of nitrogens with zero attached hydrogens (tertiary/aromatic N) is 2. The molecule has 256 valence electrons. The van der Waals surface area contributed by atoms with Crippen LogP contribution in [0.3, 0.4) is 0 Å². The van der Waals surface area contributed by atoms with E-state index in [0.29, 0.717) is 0 Å². The second-order valence-electron chi connectivity index (χ2n) is 13.8. The van der Waals surface area contributed by atoms with Gasteiger partial charge in [-0.2, -0.15) is 0 Å². The van der Waals surface area contributed by atoms with Gasteiger partial charge in [-0.25, -0.2) is 0 Å². The van der Waals surface area contributed by atoms with Crippen molar-refractivity contribution in [3.63, 3.8) is 0 Å². The zero-order chi connectivity index (χ0) is 35.9. The van der Waals surface area contributed by atoms with Crippen molar-refractivity contribution in [3.05, 3.63) is 214 Å². The maximum Gasteiger partial charge on any atom is 0.0462 e. The van der Waals surface area contributed by atoms with Crippen molar-refractivity contribution >= 4 is 46.7 Å². The lowest BCUT2D eigenvalue weighted by Gasteiger charge is -2.29. The van der Waals surface area contributed by atoms with Crippen LogP contribution in [0, 0.1) is 27.7 Å². The number of hydrogen-bond acceptors (Lipinski definition) is 2. The molecule has 0 saturated carbocycles. The molecule has 0 bridgehead atoms. The van der Waals surface area contributed by atoms with Gasteiger partial charge in [0.05, 0.1) is 0 Å². The molecule has 1 aliphatic rings. The Balaban J connectivity index is 1.09.